The van der Waals surface area contributed by atoms with Crippen molar-refractivity contribution in [2.45, 2.75) is 47.6 Å². The molecule has 0 fully saturated rings. The van der Waals surface area contributed by atoms with Gasteiger partial charge in [-0.1, -0.05) is 43.7 Å². The van der Waals surface area contributed by atoms with E-state index in [-0.39, 0.29) is 23.5 Å². The van der Waals surface area contributed by atoms with Gasteiger partial charge < -0.3 is 25.5 Å². The van der Waals surface area contributed by atoms with Gasteiger partial charge in [-0.05, 0) is 68.7 Å². The van der Waals surface area contributed by atoms with Gasteiger partial charge in [0, 0.05) is 29.4 Å². The van der Waals surface area contributed by atoms with Gasteiger partial charge in [0.15, 0.2) is 6.10 Å². The molecule has 8 heteroatoms. The fourth-order valence-electron chi connectivity index (χ4n) is 4.42. The van der Waals surface area contributed by atoms with Crippen molar-refractivity contribution >= 4 is 23.2 Å². The van der Waals surface area contributed by atoms with Gasteiger partial charge in [-0.3, -0.25) is 9.59 Å². The third-order valence-electron chi connectivity index (χ3n) is 6.35. The Morgan fingerprint density at radius 2 is 1.69 bits per heavy atom. The third-order valence-corrected chi connectivity index (χ3v) is 6.35. The lowest BCUT2D eigenvalue weighted by Crippen LogP contribution is -2.37. The van der Waals surface area contributed by atoms with Gasteiger partial charge in [0.1, 0.15) is 17.3 Å². The molecule has 1 heterocycles. The zero-order valence-corrected chi connectivity index (χ0v) is 23.0. The Bertz CT molecular complexity index is 1520. The first-order chi connectivity index (χ1) is 18.5. The molecule has 0 bridgehead atoms. The van der Waals surface area contributed by atoms with E-state index < -0.39 is 6.10 Å². The molecule has 39 heavy (non-hydrogen) atoms. The highest BCUT2D eigenvalue weighted by Crippen LogP contribution is 2.35. The number of aromatic amines is 1. The molecule has 8 nitrogen and oxygen atoms in total. The van der Waals surface area contributed by atoms with E-state index in [1.54, 1.807) is 12.1 Å². The summed E-state index contributed by atoms with van der Waals surface area (Å²) in [5, 5.41) is 16.3. The molecule has 4 N–H and O–H groups in total. The van der Waals surface area contributed by atoms with Crippen molar-refractivity contribution in [2.24, 2.45) is 5.92 Å². The number of benzene rings is 3. The maximum atomic E-state index is 13.4. The molecule has 0 saturated carbocycles. The number of aryl methyl sites for hydroxylation is 3. The predicted molar refractivity (Wildman–Crippen MR) is 154 cm³/mol. The molecule has 4 rings (SSSR count). The van der Waals surface area contributed by atoms with Crippen LogP contribution in [0.2, 0.25) is 0 Å². The SMILES string of the molecule is CC(=O)Nc1ccc(O)c(-c2nc(-c3ccccc3NC(=O)C(Oc3ccc(C)cc3C)C(C)C)[nH]c2C)c1. The van der Waals surface area contributed by atoms with Gasteiger partial charge in [0.05, 0.1) is 11.4 Å². The second-order valence-corrected chi connectivity index (χ2v) is 10.1. The average molecular weight is 527 g/mol. The number of para-hydroxylation sites is 1. The van der Waals surface area contributed by atoms with Crippen LogP contribution in [0, 0.1) is 26.7 Å². The number of phenolic OH excluding ortho intramolecular Hbond substituents is 1. The van der Waals surface area contributed by atoms with Crippen LogP contribution in [0.15, 0.2) is 60.7 Å². The number of rotatable bonds is 8. The number of ether oxygens (including phenoxy) is 1. The number of anilines is 2. The van der Waals surface area contributed by atoms with Crippen LogP contribution in [0.4, 0.5) is 11.4 Å². The summed E-state index contributed by atoms with van der Waals surface area (Å²) >= 11 is 0. The molecule has 202 valence electrons. The van der Waals surface area contributed by atoms with Gasteiger partial charge in [-0.15, -0.1) is 0 Å². The molecule has 4 aromatic rings. The highest BCUT2D eigenvalue weighted by molar-refractivity contribution is 5.98. The van der Waals surface area contributed by atoms with Crippen molar-refractivity contribution < 1.29 is 19.4 Å². The summed E-state index contributed by atoms with van der Waals surface area (Å²) in [6.45, 7) is 11.2. The normalized spacial score (nSPS) is 11.8. The first kappa shape index (κ1) is 27.4. The Labute approximate surface area is 228 Å². The molecular formula is C31H34N4O4. The molecule has 0 aliphatic carbocycles. The lowest BCUT2D eigenvalue weighted by atomic mass is 10.1. The van der Waals surface area contributed by atoms with Crippen LogP contribution in [-0.4, -0.2) is 33.0 Å². The van der Waals surface area contributed by atoms with Crippen LogP contribution in [-0.2, 0) is 9.59 Å². The van der Waals surface area contributed by atoms with Crippen molar-refractivity contribution in [1.29, 1.82) is 0 Å². The lowest BCUT2D eigenvalue weighted by molar-refractivity contribution is -0.124. The number of aromatic hydroxyl groups is 1. The summed E-state index contributed by atoms with van der Waals surface area (Å²) in [7, 11) is 0. The van der Waals surface area contributed by atoms with E-state index in [2.05, 4.69) is 15.6 Å². The molecule has 0 saturated heterocycles. The number of nitrogens with one attached hydrogen (secondary N) is 3. The van der Waals surface area contributed by atoms with Gasteiger partial charge in [0.2, 0.25) is 5.91 Å². The number of hydrogen-bond acceptors (Lipinski definition) is 5. The molecular weight excluding hydrogens is 492 g/mol. The molecule has 1 aromatic heterocycles. The predicted octanol–water partition coefficient (Wildman–Crippen LogP) is 6.38. The first-order valence-electron chi connectivity index (χ1n) is 12.8. The molecule has 0 radical (unpaired) electrons. The molecule has 1 unspecified atom stereocenters. The third kappa shape index (κ3) is 6.29. The van der Waals surface area contributed by atoms with E-state index in [9.17, 15) is 14.7 Å². The Kier molecular flexibility index (Phi) is 8.04. The largest absolute Gasteiger partial charge is 0.507 e. The maximum absolute atomic E-state index is 13.4. The average Bonchev–Trinajstić information content (AvgIpc) is 3.25. The molecule has 1 atom stereocenters. The number of amides is 2. The van der Waals surface area contributed by atoms with Crippen molar-refractivity contribution in [3.8, 4) is 34.1 Å². The molecule has 0 aliphatic rings. The van der Waals surface area contributed by atoms with Crippen LogP contribution in [0.25, 0.3) is 22.6 Å². The minimum absolute atomic E-state index is 0.0372. The van der Waals surface area contributed by atoms with Gasteiger partial charge in [-0.25, -0.2) is 4.98 Å². The van der Waals surface area contributed by atoms with Crippen molar-refractivity contribution in [2.75, 3.05) is 10.6 Å². The Hall–Kier alpha value is -4.59. The van der Waals surface area contributed by atoms with E-state index in [1.165, 1.54) is 13.0 Å². The number of phenols is 1. The minimum atomic E-state index is -0.707. The lowest BCUT2D eigenvalue weighted by Gasteiger charge is -2.23. The topological polar surface area (TPSA) is 116 Å². The maximum Gasteiger partial charge on any atom is 0.265 e. The Morgan fingerprint density at radius 3 is 2.38 bits per heavy atom. The fraction of sp³-hybridized carbons (Fsp3) is 0.258. The van der Waals surface area contributed by atoms with Crippen molar-refractivity contribution in [1.82, 2.24) is 9.97 Å². The van der Waals surface area contributed by atoms with Gasteiger partial charge in [-0.2, -0.15) is 0 Å². The molecule has 0 spiro atoms. The smallest absolute Gasteiger partial charge is 0.265 e. The zero-order chi connectivity index (χ0) is 28.3. The zero-order valence-electron chi connectivity index (χ0n) is 23.0. The van der Waals surface area contributed by atoms with Crippen LogP contribution < -0.4 is 15.4 Å². The van der Waals surface area contributed by atoms with Crippen molar-refractivity contribution in [3.63, 3.8) is 0 Å². The Balaban J connectivity index is 1.63. The number of nitrogens with zero attached hydrogens (tertiary/aromatic N) is 1. The number of carbonyl (C=O) groups is 2. The summed E-state index contributed by atoms with van der Waals surface area (Å²) in [5.74, 6) is 0.692. The fourth-order valence-corrected chi connectivity index (χ4v) is 4.42. The standard InChI is InChI=1S/C31H34N4O4/c1-17(2)29(39-27-14-11-18(3)15-19(27)4)31(38)34-25-10-8-7-9-23(25)30-32-20(5)28(35-30)24-16-22(33-21(6)36)12-13-26(24)37/h7-17,29,37H,1-6H3,(H,32,35)(H,33,36)(H,34,38). The van der Waals surface area contributed by atoms with E-state index in [1.807, 2.05) is 77.1 Å². The number of imidazole rings is 1. The number of hydrogen-bond donors (Lipinski definition) is 4. The first-order valence-corrected chi connectivity index (χ1v) is 12.8. The van der Waals surface area contributed by atoms with Crippen molar-refractivity contribution in [3.05, 3.63) is 77.5 Å². The number of aromatic nitrogens is 2. The molecule has 2 amide bonds. The summed E-state index contributed by atoms with van der Waals surface area (Å²) in [5.41, 5.74) is 5.65. The van der Waals surface area contributed by atoms with E-state index in [4.69, 9.17) is 9.72 Å². The van der Waals surface area contributed by atoms with Crippen LogP contribution in [0.1, 0.15) is 37.6 Å². The number of H-pyrrole nitrogens is 1. The molecule has 3 aromatic carbocycles. The summed E-state index contributed by atoms with van der Waals surface area (Å²) < 4.78 is 6.18. The van der Waals surface area contributed by atoms with Crippen LogP contribution in [0.5, 0.6) is 11.5 Å². The van der Waals surface area contributed by atoms with Gasteiger partial charge in [0.25, 0.3) is 5.91 Å². The second-order valence-electron chi connectivity index (χ2n) is 10.1. The van der Waals surface area contributed by atoms with E-state index in [0.717, 1.165) is 16.8 Å². The summed E-state index contributed by atoms with van der Waals surface area (Å²) in [6.07, 6.45) is -0.707. The Morgan fingerprint density at radius 1 is 0.949 bits per heavy atom. The van der Waals surface area contributed by atoms with Crippen LogP contribution >= 0.6 is 0 Å². The summed E-state index contributed by atoms with van der Waals surface area (Å²) in [6, 6.07) is 18.1. The number of carbonyl (C=O) groups excluding carboxylic acids is 2. The van der Waals surface area contributed by atoms with E-state index >= 15 is 0 Å². The highest BCUT2D eigenvalue weighted by atomic mass is 16.5. The minimum Gasteiger partial charge on any atom is -0.507 e. The molecule has 0 aliphatic heterocycles. The van der Waals surface area contributed by atoms with E-state index in [0.29, 0.717) is 39.8 Å². The quantitative estimate of drug-likeness (QED) is 0.199. The van der Waals surface area contributed by atoms with Gasteiger partial charge >= 0.3 is 0 Å². The monoisotopic (exact) mass is 526 g/mol. The van der Waals surface area contributed by atoms with Crippen LogP contribution in [0.3, 0.4) is 0 Å². The summed E-state index contributed by atoms with van der Waals surface area (Å²) in [4.78, 5) is 33.0. The second kappa shape index (κ2) is 11.4. The highest BCUT2D eigenvalue weighted by Gasteiger charge is 2.26.